The lowest BCUT2D eigenvalue weighted by Crippen LogP contribution is -2.36. The molecule has 2 aliphatic carbocycles. The van der Waals surface area contributed by atoms with E-state index in [0.29, 0.717) is 11.2 Å². The van der Waals surface area contributed by atoms with Crippen LogP contribution in [0.15, 0.2) is 0 Å². The minimum atomic E-state index is -0.0855. The first-order chi connectivity index (χ1) is 8.31. The summed E-state index contributed by atoms with van der Waals surface area (Å²) in [6.45, 7) is 0. The molecule has 98 valence electrons. The topological polar surface area (TPSA) is 26.3 Å². The highest BCUT2D eigenvalue weighted by Crippen LogP contribution is 2.39. The Morgan fingerprint density at radius 3 is 2.35 bits per heavy atom. The van der Waals surface area contributed by atoms with Gasteiger partial charge in [0.2, 0.25) is 0 Å². The second-order valence-electron chi connectivity index (χ2n) is 5.51. The maximum absolute atomic E-state index is 11.4. The third-order valence-electron chi connectivity index (χ3n) is 4.40. The molecule has 0 bridgehead atoms. The Morgan fingerprint density at radius 1 is 1.00 bits per heavy atom. The van der Waals surface area contributed by atoms with Crippen LogP contribution in [0.25, 0.3) is 0 Å². The van der Waals surface area contributed by atoms with E-state index < -0.39 is 0 Å². The normalized spacial score (nSPS) is 31.1. The van der Waals surface area contributed by atoms with Gasteiger partial charge in [-0.15, -0.1) is 0 Å². The van der Waals surface area contributed by atoms with E-state index in [1.54, 1.807) is 0 Å². The Balaban J connectivity index is 1.93. The third kappa shape index (κ3) is 3.70. The van der Waals surface area contributed by atoms with Gasteiger partial charge in [-0.3, -0.25) is 4.79 Å². The molecule has 17 heavy (non-hydrogen) atoms. The predicted molar refractivity (Wildman–Crippen MR) is 72.2 cm³/mol. The molecule has 2 atom stereocenters. The molecule has 0 saturated heterocycles. The van der Waals surface area contributed by atoms with Crippen molar-refractivity contribution in [2.75, 3.05) is 5.33 Å². The fraction of sp³-hybridized carbons (Fsp3) is 0.929. The molecule has 2 aliphatic rings. The van der Waals surface area contributed by atoms with E-state index in [9.17, 15) is 4.79 Å². The first-order valence-electron chi connectivity index (χ1n) is 7.06. The molecule has 0 amide bonds. The lowest BCUT2D eigenvalue weighted by Gasteiger charge is -2.38. The van der Waals surface area contributed by atoms with Gasteiger partial charge in [-0.2, -0.15) is 0 Å². The Bertz CT molecular complexity index is 249. The second kappa shape index (κ2) is 6.77. The summed E-state index contributed by atoms with van der Waals surface area (Å²) >= 11 is 3.18. The number of halogens is 1. The van der Waals surface area contributed by atoms with Crippen LogP contribution in [0, 0.1) is 11.8 Å². The summed E-state index contributed by atoms with van der Waals surface area (Å²) in [5, 5.41) is 0.334. The van der Waals surface area contributed by atoms with Crippen molar-refractivity contribution in [3.05, 3.63) is 0 Å². The molecule has 0 N–H and O–H groups in total. The molecule has 0 aliphatic heterocycles. The third-order valence-corrected chi connectivity index (χ3v) is 4.86. The van der Waals surface area contributed by atoms with Crippen molar-refractivity contribution in [3.63, 3.8) is 0 Å². The van der Waals surface area contributed by atoms with E-state index >= 15 is 0 Å². The average molecular weight is 303 g/mol. The summed E-state index contributed by atoms with van der Waals surface area (Å²) < 4.78 is 5.62. The fourth-order valence-electron chi connectivity index (χ4n) is 3.57. The van der Waals surface area contributed by atoms with Crippen LogP contribution < -0.4 is 0 Å². The summed E-state index contributed by atoms with van der Waals surface area (Å²) in [5.74, 6) is 1.38. The minimum Gasteiger partial charge on any atom is -0.461 e. The van der Waals surface area contributed by atoms with Gasteiger partial charge in [-0.05, 0) is 31.1 Å². The Kier molecular flexibility index (Phi) is 5.33. The molecule has 2 rings (SSSR count). The Hall–Kier alpha value is -0.0500. The maximum Gasteiger partial charge on any atom is 0.316 e. The van der Waals surface area contributed by atoms with Crippen LogP contribution >= 0.6 is 15.9 Å². The van der Waals surface area contributed by atoms with Gasteiger partial charge >= 0.3 is 5.97 Å². The number of carbonyl (C=O) groups is 1. The van der Waals surface area contributed by atoms with Gasteiger partial charge in [0.1, 0.15) is 11.4 Å². The summed E-state index contributed by atoms with van der Waals surface area (Å²) in [6, 6.07) is 0. The van der Waals surface area contributed by atoms with Crippen LogP contribution in [-0.4, -0.2) is 17.4 Å². The van der Waals surface area contributed by atoms with Crippen molar-refractivity contribution in [1.82, 2.24) is 0 Å². The summed E-state index contributed by atoms with van der Waals surface area (Å²) in [5.41, 5.74) is 0. The van der Waals surface area contributed by atoms with Crippen molar-refractivity contribution >= 4 is 21.9 Å². The molecule has 0 unspecified atom stereocenters. The van der Waals surface area contributed by atoms with Gasteiger partial charge in [0.25, 0.3) is 0 Å². The van der Waals surface area contributed by atoms with Crippen LogP contribution in [0.1, 0.15) is 57.8 Å². The first kappa shape index (κ1) is 13.4. The fourth-order valence-corrected chi connectivity index (χ4v) is 3.71. The van der Waals surface area contributed by atoms with Crippen molar-refractivity contribution < 1.29 is 9.53 Å². The van der Waals surface area contributed by atoms with E-state index in [0.717, 1.165) is 12.3 Å². The molecule has 0 heterocycles. The number of ether oxygens (including phenoxy) is 1. The molecule has 0 aromatic carbocycles. The number of hydrogen-bond donors (Lipinski definition) is 0. The van der Waals surface area contributed by atoms with Crippen LogP contribution in [0.2, 0.25) is 0 Å². The van der Waals surface area contributed by atoms with Crippen molar-refractivity contribution in [2.24, 2.45) is 11.8 Å². The lowest BCUT2D eigenvalue weighted by molar-refractivity contribution is -0.152. The molecule has 0 aromatic heterocycles. The standard InChI is InChI=1S/C14H23BrO2/c15-10-14(16)17-13-9-5-4-8-12(13)11-6-2-1-3-7-11/h11-13H,1-10H2/t12-,13-/m0/s1. The molecule has 0 radical (unpaired) electrons. The zero-order valence-corrected chi connectivity index (χ0v) is 12.1. The minimum absolute atomic E-state index is 0.0855. The van der Waals surface area contributed by atoms with E-state index in [1.165, 1.54) is 51.4 Å². The zero-order chi connectivity index (χ0) is 12.1. The summed E-state index contributed by atoms with van der Waals surface area (Å²) in [4.78, 5) is 11.4. The SMILES string of the molecule is O=C(CBr)O[C@H]1CCCC[C@H]1C1CCCCC1. The monoisotopic (exact) mass is 302 g/mol. The van der Waals surface area contributed by atoms with E-state index in [1.807, 2.05) is 0 Å². The van der Waals surface area contributed by atoms with Crippen LogP contribution in [0.4, 0.5) is 0 Å². The van der Waals surface area contributed by atoms with Gasteiger partial charge in [-0.25, -0.2) is 0 Å². The first-order valence-corrected chi connectivity index (χ1v) is 8.19. The number of hydrogen-bond acceptors (Lipinski definition) is 2. The van der Waals surface area contributed by atoms with Gasteiger partial charge < -0.3 is 4.74 Å². The molecule has 0 aromatic rings. The van der Waals surface area contributed by atoms with Crippen molar-refractivity contribution in [3.8, 4) is 0 Å². The molecule has 3 heteroatoms. The lowest BCUT2D eigenvalue weighted by atomic mass is 9.72. The second-order valence-corrected chi connectivity index (χ2v) is 6.07. The van der Waals surface area contributed by atoms with E-state index in [2.05, 4.69) is 15.9 Å². The van der Waals surface area contributed by atoms with Crippen molar-refractivity contribution in [1.29, 1.82) is 0 Å². The highest BCUT2D eigenvalue weighted by molar-refractivity contribution is 9.09. The molecular formula is C14H23BrO2. The summed E-state index contributed by atoms with van der Waals surface area (Å²) in [6.07, 6.45) is 12.0. The average Bonchev–Trinajstić information content (AvgIpc) is 2.40. The highest BCUT2D eigenvalue weighted by atomic mass is 79.9. The Labute approximate surface area is 113 Å². The number of carbonyl (C=O) groups excluding carboxylic acids is 1. The molecule has 2 saturated carbocycles. The van der Waals surface area contributed by atoms with Gasteiger partial charge in [-0.1, -0.05) is 54.5 Å². The van der Waals surface area contributed by atoms with E-state index in [4.69, 9.17) is 4.74 Å². The van der Waals surface area contributed by atoms with Crippen LogP contribution in [-0.2, 0) is 9.53 Å². The largest absolute Gasteiger partial charge is 0.461 e. The van der Waals surface area contributed by atoms with Crippen molar-refractivity contribution in [2.45, 2.75) is 63.9 Å². The predicted octanol–water partition coefficient (Wildman–Crippen LogP) is 4.06. The Morgan fingerprint density at radius 2 is 1.65 bits per heavy atom. The van der Waals surface area contributed by atoms with Crippen LogP contribution in [0.3, 0.4) is 0 Å². The van der Waals surface area contributed by atoms with Crippen LogP contribution in [0.5, 0.6) is 0 Å². The number of alkyl halides is 1. The number of rotatable bonds is 3. The molecule has 0 spiro atoms. The quantitative estimate of drug-likeness (QED) is 0.580. The molecule has 2 nitrogen and oxygen atoms in total. The molecular weight excluding hydrogens is 280 g/mol. The highest BCUT2D eigenvalue weighted by Gasteiger charge is 2.34. The zero-order valence-electron chi connectivity index (χ0n) is 10.5. The van der Waals surface area contributed by atoms with Gasteiger partial charge in [0, 0.05) is 0 Å². The summed E-state index contributed by atoms with van der Waals surface area (Å²) in [7, 11) is 0. The number of esters is 1. The smallest absolute Gasteiger partial charge is 0.316 e. The molecule has 2 fully saturated rings. The maximum atomic E-state index is 11.4. The van der Waals surface area contributed by atoms with E-state index in [-0.39, 0.29) is 12.1 Å². The van der Waals surface area contributed by atoms with Gasteiger partial charge in [0.05, 0.1) is 0 Å². The van der Waals surface area contributed by atoms with Gasteiger partial charge in [0.15, 0.2) is 0 Å².